The summed E-state index contributed by atoms with van der Waals surface area (Å²) in [5.74, 6) is -4.73. The Hall–Kier alpha value is -3.40. The summed E-state index contributed by atoms with van der Waals surface area (Å²) in [6, 6.07) is 4.93. The number of halogens is 4. The number of rotatable bonds is 5. The van der Waals surface area contributed by atoms with Gasteiger partial charge in [0, 0.05) is 53.8 Å². The van der Waals surface area contributed by atoms with Gasteiger partial charge in [0.05, 0.1) is 11.7 Å². The van der Waals surface area contributed by atoms with Crippen LogP contribution < -0.4 is 0 Å². The van der Waals surface area contributed by atoms with Gasteiger partial charge in [-0.15, -0.1) is 0 Å². The molecule has 2 N–H and O–H groups in total. The first-order chi connectivity index (χ1) is 15.9. The molecular weight excluding hydrogens is 442 g/mol. The average Bonchev–Trinajstić information content (AvgIpc) is 3.39. The number of alkyl halides is 1. The maximum absolute atomic E-state index is 15.7. The van der Waals surface area contributed by atoms with Gasteiger partial charge < -0.3 is 14.4 Å². The first kappa shape index (κ1) is 21.4. The number of aromatic amines is 1. The van der Waals surface area contributed by atoms with Crippen molar-refractivity contribution in [3.63, 3.8) is 0 Å². The van der Waals surface area contributed by atoms with Crippen LogP contribution in [0.1, 0.15) is 30.0 Å². The first-order valence-corrected chi connectivity index (χ1v) is 10.5. The van der Waals surface area contributed by atoms with Gasteiger partial charge in [-0.2, -0.15) is 5.10 Å². The van der Waals surface area contributed by atoms with Gasteiger partial charge in [-0.05, 0) is 36.6 Å². The predicted octanol–water partition coefficient (Wildman–Crippen LogP) is 4.78. The summed E-state index contributed by atoms with van der Waals surface area (Å²) in [4.78, 5) is 11.3. The summed E-state index contributed by atoms with van der Waals surface area (Å²) in [6.45, 7) is 0.823. The van der Waals surface area contributed by atoms with Crippen LogP contribution in [0, 0.1) is 17.5 Å². The molecule has 0 radical (unpaired) electrons. The summed E-state index contributed by atoms with van der Waals surface area (Å²) >= 11 is 0. The summed E-state index contributed by atoms with van der Waals surface area (Å²) in [5.41, 5.74) is 1.27. The normalized spacial score (nSPS) is 16.0. The molecule has 0 unspecified atom stereocenters. The third kappa shape index (κ3) is 3.54. The second kappa shape index (κ2) is 8.18. The number of carbonyl (C=O) groups is 1. The van der Waals surface area contributed by atoms with Crippen LogP contribution in [0.3, 0.4) is 0 Å². The SMILES string of the molecule is O=C(O)[C@@H](F)Cc1c(C2CCOCC2)n(-c2ccc(F)c(F)c2)c2cc3cn[nH]c3c(F)c12. The van der Waals surface area contributed by atoms with Gasteiger partial charge in [0.15, 0.2) is 17.5 Å². The largest absolute Gasteiger partial charge is 0.479 e. The lowest BCUT2D eigenvalue weighted by Gasteiger charge is -2.26. The monoisotopic (exact) mass is 461 g/mol. The molecule has 33 heavy (non-hydrogen) atoms. The van der Waals surface area contributed by atoms with E-state index in [9.17, 15) is 23.1 Å². The lowest BCUT2D eigenvalue weighted by atomic mass is 9.90. The topological polar surface area (TPSA) is 80.1 Å². The molecule has 4 aromatic rings. The number of fused-ring (bicyclic) bond motifs is 2. The Bertz CT molecular complexity index is 1370. The zero-order valence-corrected chi connectivity index (χ0v) is 17.2. The lowest BCUT2D eigenvalue weighted by molar-refractivity contribution is -0.142. The van der Waals surface area contributed by atoms with Crippen molar-refractivity contribution in [3.05, 3.63) is 59.2 Å². The van der Waals surface area contributed by atoms with Gasteiger partial charge in [-0.3, -0.25) is 5.10 Å². The molecule has 1 fully saturated rings. The molecule has 6 nitrogen and oxygen atoms in total. The van der Waals surface area contributed by atoms with E-state index in [1.54, 1.807) is 10.6 Å². The molecule has 1 saturated heterocycles. The smallest absolute Gasteiger partial charge is 0.338 e. The number of nitrogens with one attached hydrogen (secondary N) is 1. The van der Waals surface area contributed by atoms with Crippen molar-refractivity contribution in [2.24, 2.45) is 0 Å². The van der Waals surface area contributed by atoms with Gasteiger partial charge >= 0.3 is 5.97 Å². The van der Waals surface area contributed by atoms with E-state index in [2.05, 4.69) is 10.2 Å². The number of ether oxygens (including phenoxy) is 1. The molecule has 0 bridgehead atoms. The van der Waals surface area contributed by atoms with Gasteiger partial charge in [0.1, 0.15) is 5.52 Å². The van der Waals surface area contributed by atoms with E-state index in [4.69, 9.17) is 4.74 Å². The third-order valence-electron chi connectivity index (χ3n) is 6.17. The summed E-state index contributed by atoms with van der Waals surface area (Å²) in [6.07, 6.45) is -0.379. The Morgan fingerprint density at radius 1 is 1.21 bits per heavy atom. The van der Waals surface area contributed by atoms with E-state index in [-0.39, 0.29) is 28.1 Å². The molecule has 0 spiro atoms. The van der Waals surface area contributed by atoms with E-state index in [1.807, 2.05) is 0 Å². The van der Waals surface area contributed by atoms with Gasteiger partial charge in [-0.25, -0.2) is 22.4 Å². The van der Waals surface area contributed by atoms with E-state index in [0.717, 1.165) is 12.1 Å². The highest BCUT2D eigenvalue weighted by atomic mass is 19.2. The van der Waals surface area contributed by atoms with E-state index in [1.165, 1.54) is 12.3 Å². The zero-order valence-electron chi connectivity index (χ0n) is 17.2. The predicted molar refractivity (Wildman–Crippen MR) is 112 cm³/mol. The van der Waals surface area contributed by atoms with E-state index in [0.29, 0.717) is 42.7 Å². The minimum atomic E-state index is -2.27. The first-order valence-electron chi connectivity index (χ1n) is 10.5. The maximum Gasteiger partial charge on any atom is 0.338 e. The fourth-order valence-electron chi connectivity index (χ4n) is 4.67. The van der Waals surface area contributed by atoms with Crippen LogP contribution in [0.15, 0.2) is 30.5 Å². The van der Waals surface area contributed by atoms with Crippen LogP contribution in [-0.4, -0.2) is 45.2 Å². The van der Waals surface area contributed by atoms with Gasteiger partial charge in [0.25, 0.3) is 0 Å². The Morgan fingerprint density at radius 2 is 1.97 bits per heavy atom. The molecule has 2 aromatic heterocycles. The van der Waals surface area contributed by atoms with Crippen LogP contribution in [0.25, 0.3) is 27.5 Å². The Kier molecular flexibility index (Phi) is 5.32. The molecule has 1 aliphatic heterocycles. The van der Waals surface area contributed by atoms with Crippen LogP contribution in [0.4, 0.5) is 17.6 Å². The molecule has 172 valence electrons. The molecular formula is C23H19F4N3O3. The fraction of sp³-hybridized carbons (Fsp3) is 0.304. The molecule has 1 atom stereocenters. The van der Waals surface area contributed by atoms with Gasteiger partial charge in [0.2, 0.25) is 6.17 Å². The number of benzene rings is 2. The van der Waals surface area contributed by atoms with Crippen molar-refractivity contribution in [2.45, 2.75) is 31.4 Å². The average molecular weight is 461 g/mol. The molecule has 2 aromatic carbocycles. The summed E-state index contributed by atoms with van der Waals surface area (Å²) < 4.78 is 65.1. The highest BCUT2D eigenvalue weighted by molar-refractivity contribution is 5.99. The number of hydrogen-bond donors (Lipinski definition) is 2. The number of aromatic nitrogens is 3. The minimum Gasteiger partial charge on any atom is -0.479 e. The lowest BCUT2D eigenvalue weighted by Crippen LogP contribution is -2.21. The number of aliphatic carboxylic acids is 1. The molecule has 1 aliphatic rings. The quantitative estimate of drug-likeness (QED) is 0.419. The van der Waals surface area contributed by atoms with Crippen LogP contribution in [0.2, 0.25) is 0 Å². The van der Waals surface area contributed by atoms with Crippen LogP contribution >= 0.6 is 0 Å². The highest BCUT2D eigenvalue weighted by Gasteiger charge is 2.32. The molecule has 0 aliphatic carbocycles. The Morgan fingerprint density at radius 3 is 2.67 bits per heavy atom. The van der Waals surface area contributed by atoms with E-state index >= 15 is 4.39 Å². The fourth-order valence-corrected chi connectivity index (χ4v) is 4.67. The van der Waals surface area contributed by atoms with Crippen LogP contribution in [-0.2, 0) is 16.0 Å². The molecule has 0 amide bonds. The standard InChI is InChI=1S/C23H19F4N3O3/c24-15-2-1-13(8-16(15)25)30-18-7-12-10-28-29-21(12)20(27)19(18)14(9-17(26)23(31)32)22(30)11-3-5-33-6-4-11/h1-2,7-8,10-11,17H,3-6,9H2,(H,28,29)(H,31,32)/t17-/m0/s1. The molecule has 0 saturated carbocycles. The number of hydrogen-bond acceptors (Lipinski definition) is 3. The summed E-state index contributed by atoms with van der Waals surface area (Å²) in [5, 5.41) is 16.1. The highest BCUT2D eigenvalue weighted by Crippen LogP contribution is 2.42. The zero-order chi connectivity index (χ0) is 23.3. The Labute approximate surface area is 184 Å². The van der Waals surface area contributed by atoms with Crippen molar-refractivity contribution in [3.8, 4) is 5.69 Å². The number of nitrogens with zero attached hydrogens (tertiary/aromatic N) is 2. The maximum atomic E-state index is 15.7. The second-order valence-electron chi connectivity index (χ2n) is 8.11. The molecule has 3 heterocycles. The van der Waals surface area contributed by atoms with Crippen molar-refractivity contribution in [2.75, 3.05) is 13.2 Å². The summed E-state index contributed by atoms with van der Waals surface area (Å²) in [7, 11) is 0. The number of H-pyrrole nitrogens is 1. The van der Waals surface area contributed by atoms with E-state index < -0.39 is 36.0 Å². The van der Waals surface area contributed by atoms with Crippen molar-refractivity contribution in [1.29, 1.82) is 0 Å². The van der Waals surface area contributed by atoms with Gasteiger partial charge in [-0.1, -0.05) is 0 Å². The third-order valence-corrected chi connectivity index (χ3v) is 6.17. The Balaban J connectivity index is 1.89. The van der Waals surface area contributed by atoms with Crippen molar-refractivity contribution >= 4 is 27.8 Å². The van der Waals surface area contributed by atoms with Crippen LogP contribution in [0.5, 0.6) is 0 Å². The number of carboxylic acid groups (broad SMARTS) is 1. The molecule has 10 heteroatoms. The van der Waals surface area contributed by atoms with Crippen molar-refractivity contribution in [1.82, 2.24) is 14.8 Å². The number of carboxylic acids is 1. The molecule has 5 rings (SSSR count). The van der Waals surface area contributed by atoms with Crippen molar-refractivity contribution < 1.29 is 32.2 Å². The minimum absolute atomic E-state index is 0.0295. The second-order valence-corrected chi connectivity index (χ2v) is 8.11.